The lowest BCUT2D eigenvalue weighted by atomic mass is 10.3. The van der Waals surface area contributed by atoms with E-state index in [9.17, 15) is 9.18 Å². The normalized spacial score (nSPS) is 15.8. The van der Waals surface area contributed by atoms with Gasteiger partial charge in [0.25, 0.3) is 5.91 Å². The van der Waals surface area contributed by atoms with E-state index in [1.54, 1.807) is 18.2 Å². The van der Waals surface area contributed by atoms with Crippen molar-refractivity contribution in [2.45, 2.75) is 13.5 Å². The van der Waals surface area contributed by atoms with Gasteiger partial charge in [-0.2, -0.15) is 0 Å². The minimum Gasteiger partial charge on any atom is -0.486 e. The third kappa shape index (κ3) is 3.83. The second-order valence-corrected chi connectivity index (χ2v) is 6.00. The molecule has 1 aromatic carbocycles. The Bertz CT molecular complexity index is 865. The van der Waals surface area contributed by atoms with Gasteiger partial charge in [-0.05, 0) is 43.4 Å². The highest BCUT2D eigenvalue weighted by Gasteiger charge is 2.29. The van der Waals surface area contributed by atoms with Crippen LogP contribution in [0.2, 0.25) is 5.02 Å². The van der Waals surface area contributed by atoms with E-state index in [2.05, 4.69) is 5.32 Å². The van der Waals surface area contributed by atoms with Crippen molar-refractivity contribution in [2.24, 2.45) is 0 Å². The molecule has 1 aromatic heterocycles. The number of likely N-dealkylation sites (N-methyl/N-ethyl adjacent to an activating group) is 1. The van der Waals surface area contributed by atoms with E-state index in [4.69, 9.17) is 33.0 Å². The fourth-order valence-corrected chi connectivity index (χ4v) is 2.76. The molecule has 5 nitrogen and oxygen atoms in total. The van der Waals surface area contributed by atoms with Crippen LogP contribution in [0.1, 0.15) is 18.4 Å². The molecule has 0 bridgehead atoms. The Balaban J connectivity index is 1.66. The Morgan fingerprint density at radius 1 is 1.40 bits per heavy atom. The highest BCUT2D eigenvalue weighted by Crippen LogP contribution is 2.22. The molecule has 2 aromatic rings. The van der Waals surface area contributed by atoms with Crippen molar-refractivity contribution in [1.82, 2.24) is 10.2 Å². The lowest BCUT2D eigenvalue weighted by Crippen LogP contribution is -2.30. The van der Waals surface area contributed by atoms with Crippen LogP contribution >= 0.6 is 23.8 Å². The average Bonchev–Trinajstić information content (AvgIpc) is 3.13. The predicted molar refractivity (Wildman–Crippen MR) is 95.5 cm³/mol. The van der Waals surface area contributed by atoms with Crippen molar-refractivity contribution in [3.63, 3.8) is 0 Å². The highest BCUT2D eigenvalue weighted by atomic mass is 35.5. The van der Waals surface area contributed by atoms with Gasteiger partial charge in [-0.25, -0.2) is 4.39 Å². The van der Waals surface area contributed by atoms with Gasteiger partial charge in [-0.15, -0.1) is 0 Å². The number of rotatable bonds is 5. The molecule has 1 saturated heterocycles. The van der Waals surface area contributed by atoms with Crippen LogP contribution in [0.25, 0.3) is 6.08 Å². The number of hydrogen-bond acceptors (Lipinski definition) is 4. The van der Waals surface area contributed by atoms with Gasteiger partial charge >= 0.3 is 0 Å². The van der Waals surface area contributed by atoms with E-state index < -0.39 is 5.82 Å². The predicted octanol–water partition coefficient (Wildman–Crippen LogP) is 3.73. The Kier molecular flexibility index (Phi) is 5.06. The van der Waals surface area contributed by atoms with Crippen molar-refractivity contribution in [1.29, 1.82) is 0 Å². The zero-order valence-electron chi connectivity index (χ0n) is 13.2. The van der Waals surface area contributed by atoms with Gasteiger partial charge in [-0.3, -0.25) is 9.69 Å². The Labute approximate surface area is 154 Å². The molecule has 3 rings (SSSR count). The number of nitrogens with zero attached hydrogens (tertiary/aromatic N) is 1. The molecular weight excluding hydrogens is 367 g/mol. The molecule has 2 heterocycles. The molecule has 1 N–H and O–H groups in total. The Morgan fingerprint density at radius 2 is 2.20 bits per heavy atom. The smallest absolute Gasteiger partial charge is 0.276 e. The van der Waals surface area contributed by atoms with Crippen LogP contribution < -0.4 is 10.1 Å². The second kappa shape index (κ2) is 7.25. The van der Waals surface area contributed by atoms with Gasteiger partial charge in [0, 0.05) is 18.7 Å². The number of furan rings is 1. The van der Waals surface area contributed by atoms with Gasteiger partial charge < -0.3 is 14.5 Å². The molecule has 1 aliphatic heterocycles. The summed E-state index contributed by atoms with van der Waals surface area (Å²) in [5, 5.41) is 3.23. The van der Waals surface area contributed by atoms with Crippen LogP contribution in [0.15, 0.2) is 40.4 Å². The molecule has 0 radical (unpaired) electrons. The molecule has 130 valence electrons. The van der Waals surface area contributed by atoms with E-state index in [-0.39, 0.29) is 17.5 Å². The molecular formula is C17H14ClFN2O3S. The highest BCUT2D eigenvalue weighted by molar-refractivity contribution is 7.80. The maximum atomic E-state index is 13.1. The van der Waals surface area contributed by atoms with Crippen LogP contribution in [0, 0.1) is 5.82 Å². The van der Waals surface area contributed by atoms with Crippen molar-refractivity contribution in [2.75, 3.05) is 6.54 Å². The first-order valence-corrected chi connectivity index (χ1v) is 8.27. The van der Waals surface area contributed by atoms with Crippen molar-refractivity contribution < 1.29 is 18.3 Å². The SMILES string of the molecule is CCN1C(=O)/C(=C\c2ccc(COc3ccc(F)c(Cl)c3)o2)NC1=S. The third-order valence-corrected chi connectivity index (χ3v) is 4.13. The van der Waals surface area contributed by atoms with E-state index in [1.807, 2.05) is 6.92 Å². The minimum absolute atomic E-state index is 0.00960. The molecule has 0 aliphatic carbocycles. The number of thiocarbonyl (C=S) groups is 1. The third-order valence-electron chi connectivity index (χ3n) is 3.52. The number of ether oxygens (including phenoxy) is 1. The summed E-state index contributed by atoms with van der Waals surface area (Å²) in [5.74, 6) is 0.774. The van der Waals surface area contributed by atoms with Crippen LogP contribution in [-0.2, 0) is 11.4 Å². The number of nitrogens with one attached hydrogen (secondary N) is 1. The molecule has 1 fully saturated rings. The number of amides is 1. The van der Waals surface area contributed by atoms with Crippen molar-refractivity contribution in [3.05, 3.63) is 58.4 Å². The van der Waals surface area contributed by atoms with Crippen LogP contribution in [-0.4, -0.2) is 22.5 Å². The number of carbonyl (C=O) groups excluding carboxylic acids is 1. The summed E-state index contributed by atoms with van der Waals surface area (Å²) in [6, 6.07) is 7.55. The summed E-state index contributed by atoms with van der Waals surface area (Å²) in [6.45, 7) is 2.49. The molecule has 8 heteroatoms. The first kappa shape index (κ1) is 17.4. The first-order valence-electron chi connectivity index (χ1n) is 7.49. The van der Waals surface area contributed by atoms with Crippen molar-refractivity contribution >= 4 is 40.9 Å². The fourth-order valence-electron chi connectivity index (χ4n) is 2.27. The Morgan fingerprint density at radius 3 is 2.88 bits per heavy atom. The summed E-state index contributed by atoms with van der Waals surface area (Å²) in [4.78, 5) is 13.6. The summed E-state index contributed by atoms with van der Waals surface area (Å²) < 4.78 is 24.2. The summed E-state index contributed by atoms with van der Waals surface area (Å²) >= 11 is 10.8. The number of benzene rings is 1. The Hall–Kier alpha value is -2.38. The standard InChI is InChI=1S/C17H14ClFN2O3S/c1-2-21-16(22)15(20-17(21)25)8-11-3-4-12(24-11)9-23-10-5-6-14(19)13(18)7-10/h3-8H,2,9H2,1H3,(H,20,25)/b15-8+. The monoisotopic (exact) mass is 380 g/mol. The maximum Gasteiger partial charge on any atom is 0.276 e. The van der Waals surface area contributed by atoms with Gasteiger partial charge in [-0.1, -0.05) is 11.6 Å². The number of hydrogen-bond donors (Lipinski definition) is 1. The van der Waals surface area contributed by atoms with Crippen LogP contribution in [0.5, 0.6) is 5.75 Å². The van der Waals surface area contributed by atoms with Crippen LogP contribution in [0.4, 0.5) is 4.39 Å². The van der Waals surface area contributed by atoms with E-state index >= 15 is 0 Å². The fraction of sp³-hybridized carbons (Fsp3) is 0.176. The molecule has 1 aliphatic rings. The average molecular weight is 381 g/mol. The summed E-state index contributed by atoms with van der Waals surface area (Å²) in [7, 11) is 0. The van der Waals surface area contributed by atoms with Gasteiger partial charge in [0.15, 0.2) is 5.11 Å². The number of carbonyl (C=O) groups is 1. The molecule has 25 heavy (non-hydrogen) atoms. The largest absolute Gasteiger partial charge is 0.486 e. The molecule has 0 spiro atoms. The van der Waals surface area contributed by atoms with Crippen molar-refractivity contribution in [3.8, 4) is 5.75 Å². The maximum absolute atomic E-state index is 13.1. The molecule has 0 saturated carbocycles. The molecule has 0 atom stereocenters. The van der Waals surface area contributed by atoms with Crippen LogP contribution in [0.3, 0.4) is 0 Å². The first-order chi connectivity index (χ1) is 12.0. The zero-order chi connectivity index (χ0) is 18.0. The van der Waals surface area contributed by atoms with E-state index in [1.165, 1.54) is 23.1 Å². The summed E-state index contributed by atoms with van der Waals surface area (Å²) in [6.07, 6.45) is 1.59. The van der Waals surface area contributed by atoms with E-state index in [0.29, 0.717) is 34.6 Å². The molecule has 0 unspecified atom stereocenters. The number of halogens is 2. The topological polar surface area (TPSA) is 54.7 Å². The lowest BCUT2D eigenvalue weighted by molar-refractivity contribution is -0.122. The van der Waals surface area contributed by atoms with E-state index in [0.717, 1.165) is 0 Å². The molecule has 1 amide bonds. The second-order valence-electron chi connectivity index (χ2n) is 5.21. The minimum atomic E-state index is -0.506. The summed E-state index contributed by atoms with van der Waals surface area (Å²) in [5.41, 5.74) is 0.360. The lowest BCUT2D eigenvalue weighted by Gasteiger charge is -2.08. The quantitative estimate of drug-likeness (QED) is 0.632. The zero-order valence-corrected chi connectivity index (χ0v) is 14.8. The van der Waals surface area contributed by atoms with Gasteiger partial charge in [0.2, 0.25) is 0 Å². The van der Waals surface area contributed by atoms with Gasteiger partial charge in [0.1, 0.15) is 35.4 Å². The van der Waals surface area contributed by atoms with Gasteiger partial charge in [0.05, 0.1) is 5.02 Å².